The predicted octanol–water partition coefficient (Wildman–Crippen LogP) is 0.708. The summed E-state index contributed by atoms with van der Waals surface area (Å²) in [5.74, 6) is 1.33. The van der Waals surface area contributed by atoms with Crippen molar-refractivity contribution in [2.24, 2.45) is 11.8 Å². The molecule has 1 aliphatic carbocycles. The molecule has 1 saturated heterocycles. The number of carboxylic acid groups (broad SMARTS) is 1. The zero-order valence-electron chi connectivity index (χ0n) is 11.6. The molecule has 0 unspecified atom stereocenters. The highest BCUT2D eigenvalue weighted by Crippen LogP contribution is 2.40. The van der Waals surface area contributed by atoms with E-state index in [0.717, 1.165) is 25.3 Å². The van der Waals surface area contributed by atoms with E-state index < -0.39 is 5.97 Å². The Morgan fingerprint density at radius 2 is 2.30 bits per heavy atom. The molecule has 0 spiro atoms. The number of carboxylic acids is 1. The lowest BCUT2D eigenvalue weighted by Gasteiger charge is -2.30. The minimum Gasteiger partial charge on any atom is -0.480 e. The summed E-state index contributed by atoms with van der Waals surface area (Å²) in [6.07, 6.45) is 7.51. The molecule has 2 aliphatic rings. The molecule has 1 aromatic heterocycles. The summed E-state index contributed by atoms with van der Waals surface area (Å²) in [6.45, 7) is 1.96. The van der Waals surface area contributed by atoms with E-state index in [9.17, 15) is 4.79 Å². The van der Waals surface area contributed by atoms with Crippen LogP contribution in [0.2, 0.25) is 0 Å². The summed E-state index contributed by atoms with van der Waals surface area (Å²) >= 11 is 0. The molecular weight excluding hydrogens is 256 g/mol. The molecule has 1 aliphatic heterocycles. The summed E-state index contributed by atoms with van der Waals surface area (Å²) in [4.78, 5) is 23.6. The number of aromatic nitrogens is 2. The number of likely N-dealkylation sites (tertiary alicyclic amines) is 1. The Hall–Kier alpha value is -1.69. The van der Waals surface area contributed by atoms with Gasteiger partial charge in [0.1, 0.15) is 5.82 Å². The van der Waals surface area contributed by atoms with E-state index in [-0.39, 0.29) is 6.54 Å². The summed E-state index contributed by atoms with van der Waals surface area (Å²) in [5, 5.41) is 8.92. The van der Waals surface area contributed by atoms with Crippen LogP contribution in [0.4, 0.5) is 5.82 Å². The maximum atomic E-state index is 10.8. The second-order valence-electron chi connectivity index (χ2n) is 5.83. The average molecular weight is 276 g/mol. The molecular formula is C14H20N4O2. The van der Waals surface area contributed by atoms with E-state index in [1.807, 2.05) is 0 Å². The monoisotopic (exact) mass is 276 g/mol. The van der Waals surface area contributed by atoms with Crippen molar-refractivity contribution in [2.75, 3.05) is 31.6 Å². The topological polar surface area (TPSA) is 69.6 Å². The van der Waals surface area contributed by atoms with Gasteiger partial charge in [-0.3, -0.25) is 14.7 Å². The minimum absolute atomic E-state index is 0.161. The van der Waals surface area contributed by atoms with Crippen LogP contribution < -0.4 is 4.90 Å². The predicted molar refractivity (Wildman–Crippen MR) is 74.5 cm³/mol. The summed E-state index contributed by atoms with van der Waals surface area (Å²) in [6, 6.07) is 0.440. The maximum absolute atomic E-state index is 10.8. The van der Waals surface area contributed by atoms with Gasteiger partial charge in [-0.2, -0.15) is 0 Å². The van der Waals surface area contributed by atoms with Crippen LogP contribution in [0.25, 0.3) is 0 Å². The van der Waals surface area contributed by atoms with Crippen molar-refractivity contribution in [3.63, 3.8) is 0 Å². The van der Waals surface area contributed by atoms with Gasteiger partial charge in [0.2, 0.25) is 0 Å². The van der Waals surface area contributed by atoms with Crippen molar-refractivity contribution in [1.29, 1.82) is 0 Å². The smallest absolute Gasteiger partial charge is 0.317 e. The standard InChI is InChI=1S/C14H20N4O2/c1-17(13-6-15-4-5-16-13)12-3-2-10-7-18(8-11(10)12)9-14(19)20/h4-6,10-12H,2-3,7-9H2,1H3,(H,19,20)/t10-,11+,12-/m1/s1. The Morgan fingerprint density at radius 1 is 1.45 bits per heavy atom. The number of nitrogens with zero attached hydrogens (tertiary/aromatic N) is 4. The molecule has 2 heterocycles. The fourth-order valence-electron chi connectivity index (χ4n) is 3.77. The van der Waals surface area contributed by atoms with Crippen LogP contribution in [-0.2, 0) is 4.79 Å². The lowest BCUT2D eigenvalue weighted by molar-refractivity contribution is -0.138. The maximum Gasteiger partial charge on any atom is 0.317 e. The van der Waals surface area contributed by atoms with Gasteiger partial charge in [-0.25, -0.2) is 4.98 Å². The van der Waals surface area contributed by atoms with Crippen molar-refractivity contribution >= 4 is 11.8 Å². The van der Waals surface area contributed by atoms with E-state index >= 15 is 0 Å². The van der Waals surface area contributed by atoms with Crippen molar-refractivity contribution in [3.05, 3.63) is 18.6 Å². The van der Waals surface area contributed by atoms with Crippen molar-refractivity contribution in [2.45, 2.75) is 18.9 Å². The van der Waals surface area contributed by atoms with E-state index in [1.54, 1.807) is 18.6 Å². The second-order valence-corrected chi connectivity index (χ2v) is 5.83. The van der Waals surface area contributed by atoms with Crippen LogP contribution in [0.5, 0.6) is 0 Å². The Labute approximate surface area is 118 Å². The van der Waals surface area contributed by atoms with Crippen molar-refractivity contribution < 1.29 is 9.90 Å². The van der Waals surface area contributed by atoms with Crippen molar-refractivity contribution in [1.82, 2.24) is 14.9 Å². The molecule has 0 radical (unpaired) electrons. The molecule has 3 atom stereocenters. The normalized spacial score (nSPS) is 29.4. The van der Waals surface area contributed by atoms with Gasteiger partial charge in [0.15, 0.2) is 0 Å². The zero-order valence-corrected chi connectivity index (χ0v) is 11.6. The molecule has 20 heavy (non-hydrogen) atoms. The number of rotatable bonds is 4. The van der Waals surface area contributed by atoms with Crippen molar-refractivity contribution in [3.8, 4) is 0 Å². The Bertz CT molecular complexity index is 481. The summed E-state index contributed by atoms with van der Waals surface area (Å²) in [5.41, 5.74) is 0. The quantitative estimate of drug-likeness (QED) is 0.873. The van der Waals surface area contributed by atoms with Crippen LogP contribution in [0.3, 0.4) is 0 Å². The minimum atomic E-state index is -0.733. The van der Waals surface area contributed by atoms with Crippen LogP contribution in [0.15, 0.2) is 18.6 Å². The molecule has 0 bridgehead atoms. The molecule has 0 amide bonds. The van der Waals surface area contributed by atoms with Crippen LogP contribution in [0, 0.1) is 11.8 Å². The first kappa shape index (κ1) is 13.3. The molecule has 1 aromatic rings. The largest absolute Gasteiger partial charge is 0.480 e. The third-order valence-corrected chi connectivity index (χ3v) is 4.66. The van der Waals surface area contributed by atoms with E-state index in [4.69, 9.17) is 5.11 Å². The Balaban J connectivity index is 1.69. The summed E-state index contributed by atoms with van der Waals surface area (Å²) in [7, 11) is 2.07. The van der Waals surface area contributed by atoms with Gasteiger partial charge >= 0.3 is 5.97 Å². The van der Waals surface area contributed by atoms with E-state index in [1.165, 1.54) is 6.42 Å². The zero-order chi connectivity index (χ0) is 14.1. The SMILES string of the molecule is CN(c1cnccn1)[C@@H]1CC[C@@H]2CN(CC(=O)O)C[C@@H]21. The third kappa shape index (κ3) is 2.47. The lowest BCUT2D eigenvalue weighted by atomic mass is 9.97. The fraction of sp³-hybridized carbons (Fsp3) is 0.643. The van der Waals surface area contributed by atoms with Gasteiger partial charge in [-0.15, -0.1) is 0 Å². The molecule has 6 heteroatoms. The first-order chi connectivity index (χ1) is 9.65. The average Bonchev–Trinajstić information content (AvgIpc) is 2.98. The number of hydrogen-bond donors (Lipinski definition) is 1. The molecule has 1 saturated carbocycles. The Kier molecular flexibility index (Phi) is 3.56. The van der Waals surface area contributed by atoms with Gasteiger partial charge in [0.05, 0.1) is 12.7 Å². The third-order valence-electron chi connectivity index (χ3n) is 4.66. The number of hydrogen-bond acceptors (Lipinski definition) is 5. The van der Waals surface area contributed by atoms with Crippen LogP contribution in [-0.4, -0.2) is 58.7 Å². The first-order valence-electron chi connectivity index (χ1n) is 7.08. The summed E-state index contributed by atoms with van der Waals surface area (Å²) < 4.78 is 0. The number of anilines is 1. The van der Waals surface area contributed by atoms with Gasteiger partial charge in [0.25, 0.3) is 0 Å². The molecule has 3 rings (SSSR count). The first-order valence-corrected chi connectivity index (χ1v) is 7.08. The molecule has 0 aromatic carbocycles. The number of carbonyl (C=O) groups is 1. The van der Waals surface area contributed by atoms with Gasteiger partial charge in [-0.1, -0.05) is 0 Å². The highest BCUT2D eigenvalue weighted by molar-refractivity contribution is 5.69. The molecule has 2 fully saturated rings. The Morgan fingerprint density at radius 3 is 3.00 bits per heavy atom. The second kappa shape index (κ2) is 5.36. The number of fused-ring (bicyclic) bond motifs is 1. The fourth-order valence-corrected chi connectivity index (χ4v) is 3.77. The lowest BCUT2D eigenvalue weighted by Crippen LogP contribution is -2.38. The van der Waals surface area contributed by atoms with Crippen LogP contribution in [0.1, 0.15) is 12.8 Å². The van der Waals surface area contributed by atoms with E-state index in [0.29, 0.717) is 17.9 Å². The van der Waals surface area contributed by atoms with Crippen LogP contribution >= 0.6 is 0 Å². The van der Waals surface area contributed by atoms with Gasteiger partial charge < -0.3 is 10.0 Å². The van der Waals surface area contributed by atoms with E-state index in [2.05, 4.69) is 26.8 Å². The van der Waals surface area contributed by atoms with Gasteiger partial charge in [0, 0.05) is 38.6 Å². The van der Waals surface area contributed by atoms with Gasteiger partial charge in [-0.05, 0) is 24.7 Å². The molecule has 1 N–H and O–H groups in total. The molecule has 108 valence electrons. The highest BCUT2D eigenvalue weighted by atomic mass is 16.4. The molecule has 6 nitrogen and oxygen atoms in total. The highest BCUT2D eigenvalue weighted by Gasteiger charge is 2.44. The number of aliphatic carboxylic acids is 1.